The zero-order valence-corrected chi connectivity index (χ0v) is 12.7. The number of pyridine rings is 1. The van der Waals surface area contributed by atoms with Crippen LogP contribution in [0.3, 0.4) is 0 Å². The Morgan fingerprint density at radius 1 is 1.45 bits per heavy atom. The van der Waals surface area contributed by atoms with E-state index in [9.17, 15) is 0 Å². The molecule has 112 valence electrons. The van der Waals surface area contributed by atoms with E-state index in [1.165, 1.54) is 18.4 Å². The molecule has 2 atom stereocenters. The molecule has 0 amide bonds. The van der Waals surface area contributed by atoms with Gasteiger partial charge in [-0.25, -0.2) is 4.98 Å². The fraction of sp³-hybridized carbons (Fsp3) is 0.688. The minimum absolute atomic E-state index is 0.233. The Kier molecular flexibility index (Phi) is 5.80. The smallest absolute Gasteiger partial charge is 0.128 e. The molecule has 1 saturated heterocycles. The van der Waals surface area contributed by atoms with E-state index in [0.717, 1.165) is 38.4 Å². The summed E-state index contributed by atoms with van der Waals surface area (Å²) in [5.74, 6) is 1.04. The van der Waals surface area contributed by atoms with E-state index in [1.807, 2.05) is 6.20 Å². The molecule has 1 fully saturated rings. The summed E-state index contributed by atoms with van der Waals surface area (Å²) in [5.41, 5.74) is 7.20. The maximum Gasteiger partial charge on any atom is 0.128 e. The molecule has 1 aliphatic heterocycles. The first-order valence-corrected chi connectivity index (χ1v) is 7.80. The van der Waals surface area contributed by atoms with Crippen molar-refractivity contribution in [2.24, 2.45) is 5.73 Å². The molecule has 1 aromatic heterocycles. The first-order chi connectivity index (χ1) is 9.72. The van der Waals surface area contributed by atoms with E-state index in [4.69, 9.17) is 10.5 Å². The van der Waals surface area contributed by atoms with Gasteiger partial charge in [-0.1, -0.05) is 13.0 Å². The van der Waals surface area contributed by atoms with E-state index >= 15 is 0 Å². The lowest BCUT2D eigenvalue weighted by molar-refractivity contribution is 0.115. The highest BCUT2D eigenvalue weighted by Crippen LogP contribution is 2.18. The second-order valence-corrected chi connectivity index (χ2v) is 5.57. The molecule has 2 N–H and O–H groups in total. The summed E-state index contributed by atoms with van der Waals surface area (Å²) in [7, 11) is 0. The molecule has 2 rings (SSSR count). The number of ether oxygens (including phenoxy) is 1. The summed E-state index contributed by atoms with van der Waals surface area (Å²) >= 11 is 0. The van der Waals surface area contributed by atoms with Crippen molar-refractivity contribution in [3.8, 4) is 0 Å². The Labute approximate surface area is 122 Å². The molecule has 0 radical (unpaired) electrons. The predicted molar refractivity (Wildman–Crippen MR) is 83.1 cm³/mol. The van der Waals surface area contributed by atoms with Gasteiger partial charge >= 0.3 is 0 Å². The zero-order valence-electron chi connectivity index (χ0n) is 12.7. The highest BCUT2D eigenvalue weighted by Gasteiger charge is 2.19. The average Bonchev–Trinajstić information content (AvgIpc) is 2.98. The normalized spacial score (nSPS) is 20.1. The lowest BCUT2D eigenvalue weighted by Gasteiger charge is -2.25. The molecule has 0 saturated carbocycles. The van der Waals surface area contributed by atoms with Gasteiger partial charge in [-0.05, 0) is 44.2 Å². The third-order valence-corrected chi connectivity index (χ3v) is 3.99. The molecule has 1 aliphatic rings. The first kappa shape index (κ1) is 15.3. The third-order valence-electron chi connectivity index (χ3n) is 3.99. The summed E-state index contributed by atoms with van der Waals surface area (Å²) in [6.07, 6.45) is 6.58. The van der Waals surface area contributed by atoms with E-state index < -0.39 is 0 Å². The minimum Gasteiger partial charge on any atom is -0.376 e. The Bertz CT molecular complexity index is 387. The number of hydrogen-bond acceptors (Lipinski definition) is 4. The van der Waals surface area contributed by atoms with Gasteiger partial charge in [0.25, 0.3) is 0 Å². The van der Waals surface area contributed by atoms with Crippen molar-refractivity contribution in [3.05, 3.63) is 23.9 Å². The summed E-state index contributed by atoms with van der Waals surface area (Å²) in [6, 6.07) is 4.49. The summed E-state index contributed by atoms with van der Waals surface area (Å²) < 4.78 is 5.71. The average molecular weight is 277 g/mol. The Morgan fingerprint density at radius 2 is 2.30 bits per heavy atom. The van der Waals surface area contributed by atoms with Crippen LogP contribution in [-0.4, -0.2) is 36.8 Å². The monoisotopic (exact) mass is 277 g/mol. The SMILES string of the molecule is CCC(N)Cc1ccc(N(CC)CC2CCCO2)nc1. The molecule has 4 heteroatoms. The molecule has 0 bridgehead atoms. The van der Waals surface area contributed by atoms with E-state index in [1.54, 1.807) is 0 Å². The van der Waals surface area contributed by atoms with Crippen molar-refractivity contribution in [3.63, 3.8) is 0 Å². The molecule has 2 heterocycles. The molecule has 4 nitrogen and oxygen atoms in total. The largest absolute Gasteiger partial charge is 0.376 e. The number of hydrogen-bond donors (Lipinski definition) is 1. The van der Waals surface area contributed by atoms with Crippen LogP contribution < -0.4 is 10.6 Å². The van der Waals surface area contributed by atoms with E-state index in [-0.39, 0.29) is 6.04 Å². The van der Waals surface area contributed by atoms with Crippen LogP contribution in [0, 0.1) is 0 Å². The lowest BCUT2D eigenvalue weighted by atomic mass is 10.1. The van der Waals surface area contributed by atoms with Crippen molar-refractivity contribution >= 4 is 5.82 Å². The number of nitrogens with two attached hydrogens (primary N) is 1. The molecule has 1 aromatic rings. The fourth-order valence-electron chi connectivity index (χ4n) is 2.59. The highest BCUT2D eigenvalue weighted by molar-refractivity contribution is 5.39. The number of anilines is 1. The van der Waals surface area contributed by atoms with Gasteiger partial charge in [0, 0.05) is 31.9 Å². The summed E-state index contributed by atoms with van der Waals surface area (Å²) in [6.45, 7) is 7.09. The van der Waals surface area contributed by atoms with Crippen molar-refractivity contribution in [1.29, 1.82) is 0 Å². The Hall–Kier alpha value is -1.13. The van der Waals surface area contributed by atoms with Gasteiger partial charge in [0.1, 0.15) is 5.82 Å². The molecular weight excluding hydrogens is 250 g/mol. The molecule has 0 aliphatic carbocycles. The van der Waals surface area contributed by atoms with Crippen LogP contribution in [0.1, 0.15) is 38.7 Å². The first-order valence-electron chi connectivity index (χ1n) is 7.80. The van der Waals surface area contributed by atoms with Crippen molar-refractivity contribution in [2.45, 2.75) is 51.7 Å². The molecule has 2 unspecified atom stereocenters. The fourth-order valence-corrected chi connectivity index (χ4v) is 2.59. The number of nitrogens with zero attached hydrogens (tertiary/aromatic N) is 2. The second kappa shape index (κ2) is 7.60. The Morgan fingerprint density at radius 3 is 2.85 bits per heavy atom. The van der Waals surface area contributed by atoms with E-state index in [0.29, 0.717) is 6.10 Å². The van der Waals surface area contributed by atoms with Gasteiger partial charge in [0.05, 0.1) is 6.10 Å². The van der Waals surface area contributed by atoms with Crippen LogP contribution in [0.25, 0.3) is 0 Å². The van der Waals surface area contributed by atoms with Crippen molar-refractivity contribution < 1.29 is 4.74 Å². The summed E-state index contributed by atoms with van der Waals surface area (Å²) in [5, 5.41) is 0. The van der Waals surface area contributed by atoms with Crippen LogP contribution in [0.5, 0.6) is 0 Å². The lowest BCUT2D eigenvalue weighted by Crippen LogP contribution is -2.32. The maximum absolute atomic E-state index is 5.98. The number of aromatic nitrogens is 1. The van der Waals surface area contributed by atoms with Gasteiger partial charge in [0.15, 0.2) is 0 Å². The molecular formula is C16H27N3O. The van der Waals surface area contributed by atoms with Gasteiger partial charge in [-0.2, -0.15) is 0 Å². The molecule has 20 heavy (non-hydrogen) atoms. The van der Waals surface area contributed by atoms with Gasteiger partial charge in [-0.3, -0.25) is 0 Å². The van der Waals surface area contributed by atoms with Crippen LogP contribution in [0.15, 0.2) is 18.3 Å². The van der Waals surface area contributed by atoms with Crippen LogP contribution in [0.2, 0.25) is 0 Å². The Balaban J connectivity index is 1.95. The maximum atomic E-state index is 5.98. The van der Waals surface area contributed by atoms with Gasteiger partial charge < -0.3 is 15.4 Å². The standard InChI is InChI=1S/C16H27N3O/c1-3-14(17)10-13-7-8-16(18-11-13)19(4-2)12-15-6-5-9-20-15/h7-8,11,14-15H,3-6,9-10,12,17H2,1-2H3. The number of likely N-dealkylation sites (N-methyl/N-ethyl adjacent to an activating group) is 1. The van der Waals surface area contributed by atoms with E-state index in [2.05, 4.69) is 35.9 Å². The topological polar surface area (TPSA) is 51.4 Å². The third kappa shape index (κ3) is 4.18. The van der Waals surface area contributed by atoms with Crippen LogP contribution in [0.4, 0.5) is 5.82 Å². The second-order valence-electron chi connectivity index (χ2n) is 5.57. The van der Waals surface area contributed by atoms with Crippen molar-refractivity contribution in [1.82, 2.24) is 4.98 Å². The van der Waals surface area contributed by atoms with Gasteiger partial charge in [0.2, 0.25) is 0 Å². The van der Waals surface area contributed by atoms with Crippen LogP contribution in [-0.2, 0) is 11.2 Å². The minimum atomic E-state index is 0.233. The predicted octanol–water partition coefficient (Wildman–Crippen LogP) is 2.37. The van der Waals surface area contributed by atoms with Gasteiger partial charge in [-0.15, -0.1) is 0 Å². The van der Waals surface area contributed by atoms with Crippen LogP contribution >= 0.6 is 0 Å². The summed E-state index contributed by atoms with van der Waals surface area (Å²) in [4.78, 5) is 6.89. The highest BCUT2D eigenvalue weighted by atomic mass is 16.5. The zero-order chi connectivity index (χ0) is 14.4. The molecule has 0 aromatic carbocycles. The van der Waals surface area contributed by atoms with Crippen molar-refractivity contribution in [2.75, 3.05) is 24.6 Å². The quantitative estimate of drug-likeness (QED) is 0.831. The molecule has 0 spiro atoms. The number of rotatable bonds is 7.